The van der Waals surface area contributed by atoms with Gasteiger partial charge in [-0.3, -0.25) is 4.98 Å². The van der Waals surface area contributed by atoms with Crippen LogP contribution >= 0.6 is 0 Å². The number of nitrogens with zero attached hydrogens (tertiary/aromatic N) is 1. The smallest absolute Gasteiger partial charge is 0.0989 e. The van der Waals surface area contributed by atoms with E-state index in [4.69, 9.17) is 15.2 Å². The average Bonchev–Trinajstić information content (AvgIpc) is 2.83. The Morgan fingerprint density at radius 1 is 1.65 bits per heavy atom. The Bertz CT molecular complexity index is 323. The Kier molecular flexibility index (Phi) is 4.48. The maximum absolute atomic E-state index is 5.96. The van der Waals surface area contributed by atoms with E-state index in [0.29, 0.717) is 6.61 Å². The fourth-order valence-electron chi connectivity index (χ4n) is 2.08. The Balaban J connectivity index is 1.93. The molecule has 1 fully saturated rings. The lowest BCUT2D eigenvalue weighted by Crippen LogP contribution is -2.29. The highest BCUT2D eigenvalue weighted by molar-refractivity contribution is 5.13. The van der Waals surface area contributed by atoms with E-state index in [-0.39, 0.29) is 18.2 Å². The number of nitrogens with two attached hydrogens (primary N) is 1. The van der Waals surface area contributed by atoms with Gasteiger partial charge in [0.25, 0.3) is 0 Å². The Hall–Kier alpha value is -0.970. The van der Waals surface area contributed by atoms with Crippen molar-refractivity contribution in [2.45, 2.75) is 38.0 Å². The summed E-state index contributed by atoms with van der Waals surface area (Å²) in [7, 11) is 0. The molecule has 4 nitrogen and oxygen atoms in total. The van der Waals surface area contributed by atoms with Gasteiger partial charge in [-0.2, -0.15) is 0 Å². The molecule has 1 aliphatic heterocycles. The lowest BCUT2D eigenvalue weighted by Gasteiger charge is -2.23. The van der Waals surface area contributed by atoms with Crippen LogP contribution in [-0.2, 0) is 9.47 Å². The Morgan fingerprint density at radius 2 is 2.53 bits per heavy atom. The first-order chi connectivity index (χ1) is 8.27. The number of hydrogen-bond acceptors (Lipinski definition) is 4. The van der Waals surface area contributed by atoms with E-state index in [2.05, 4.69) is 4.98 Å². The lowest BCUT2D eigenvalue weighted by molar-refractivity contribution is -0.0287. The second-order valence-electron chi connectivity index (χ2n) is 4.53. The highest BCUT2D eigenvalue weighted by Gasteiger charge is 2.21. The zero-order valence-corrected chi connectivity index (χ0v) is 10.2. The third-order valence-corrected chi connectivity index (χ3v) is 2.98. The maximum atomic E-state index is 5.96. The van der Waals surface area contributed by atoms with Gasteiger partial charge in [-0.15, -0.1) is 0 Å². The minimum absolute atomic E-state index is 0.0550. The molecule has 2 N–H and O–H groups in total. The molecule has 2 heterocycles. The summed E-state index contributed by atoms with van der Waals surface area (Å²) in [4.78, 5) is 4.10. The minimum Gasteiger partial charge on any atom is -0.376 e. The van der Waals surface area contributed by atoms with E-state index < -0.39 is 0 Å². The zero-order chi connectivity index (χ0) is 12.1. The molecule has 3 atom stereocenters. The van der Waals surface area contributed by atoms with E-state index in [1.165, 1.54) is 0 Å². The van der Waals surface area contributed by atoms with Crippen molar-refractivity contribution in [1.82, 2.24) is 4.98 Å². The molecule has 1 aromatic heterocycles. The normalized spacial score (nSPS) is 23.5. The van der Waals surface area contributed by atoms with Crippen molar-refractivity contribution < 1.29 is 9.47 Å². The summed E-state index contributed by atoms with van der Waals surface area (Å²) in [5.74, 6) is 0. The van der Waals surface area contributed by atoms with Crippen molar-refractivity contribution in [1.29, 1.82) is 0 Å². The molecule has 0 aliphatic carbocycles. The quantitative estimate of drug-likeness (QED) is 0.844. The summed E-state index contributed by atoms with van der Waals surface area (Å²) in [5, 5.41) is 0. The molecule has 3 unspecified atom stereocenters. The fraction of sp³-hybridized carbons (Fsp3) is 0.615. The molecule has 1 aromatic rings. The van der Waals surface area contributed by atoms with Crippen LogP contribution in [0.1, 0.15) is 31.4 Å². The highest BCUT2D eigenvalue weighted by Crippen LogP contribution is 2.21. The van der Waals surface area contributed by atoms with Crippen LogP contribution in [0.25, 0.3) is 0 Å². The van der Waals surface area contributed by atoms with Crippen molar-refractivity contribution in [2.24, 2.45) is 5.73 Å². The average molecular weight is 236 g/mol. The fourth-order valence-corrected chi connectivity index (χ4v) is 2.08. The van der Waals surface area contributed by atoms with E-state index >= 15 is 0 Å². The monoisotopic (exact) mass is 236 g/mol. The van der Waals surface area contributed by atoms with Gasteiger partial charge in [-0.05, 0) is 25.8 Å². The summed E-state index contributed by atoms with van der Waals surface area (Å²) >= 11 is 0. The standard InChI is InChI=1S/C13H20N2O2/c1-10(14)13(11-4-2-6-15-8-11)17-9-12-5-3-7-16-12/h2,4,6,8,10,12-13H,3,5,7,9,14H2,1H3. The van der Waals surface area contributed by atoms with Crippen LogP contribution in [0.15, 0.2) is 24.5 Å². The predicted octanol–water partition coefficient (Wildman–Crippen LogP) is 1.67. The summed E-state index contributed by atoms with van der Waals surface area (Å²) in [6, 6.07) is 3.84. The van der Waals surface area contributed by atoms with Gasteiger partial charge in [-0.25, -0.2) is 0 Å². The molecule has 1 saturated heterocycles. The predicted molar refractivity (Wildman–Crippen MR) is 65.6 cm³/mol. The van der Waals surface area contributed by atoms with Crippen molar-refractivity contribution in [3.8, 4) is 0 Å². The number of rotatable bonds is 5. The van der Waals surface area contributed by atoms with Crippen molar-refractivity contribution in [2.75, 3.05) is 13.2 Å². The molecular weight excluding hydrogens is 216 g/mol. The second-order valence-corrected chi connectivity index (χ2v) is 4.53. The lowest BCUT2D eigenvalue weighted by atomic mass is 10.1. The summed E-state index contributed by atoms with van der Waals surface area (Å²) in [5.41, 5.74) is 6.99. The van der Waals surface area contributed by atoms with Crippen LogP contribution in [0, 0.1) is 0 Å². The molecule has 94 valence electrons. The topological polar surface area (TPSA) is 57.4 Å². The third-order valence-electron chi connectivity index (χ3n) is 2.98. The van der Waals surface area contributed by atoms with Gasteiger partial charge in [-0.1, -0.05) is 6.07 Å². The molecule has 0 spiro atoms. The molecule has 0 radical (unpaired) electrons. The first kappa shape index (κ1) is 12.5. The number of aromatic nitrogens is 1. The van der Waals surface area contributed by atoms with Crippen molar-refractivity contribution >= 4 is 0 Å². The third kappa shape index (κ3) is 3.49. The van der Waals surface area contributed by atoms with Gasteiger partial charge in [0.2, 0.25) is 0 Å². The molecule has 2 rings (SSSR count). The van der Waals surface area contributed by atoms with Crippen LogP contribution in [0.4, 0.5) is 0 Å². The number of ether oxygens (including phenoxy) is 2. The van der Waals surface area contributed by atoms with Crippen molar-refractivity contribution in [3.05, 3.63) is 30.1 Å². The van der Waals surface area contributed by atoms with Gasteiger partial charge in [0, 0.05) is 30.6 Å². The SMILES string of the molecule is CC(N)C(OCC1CCCO1)c1cccnc1. The second kappa shape index (κ2) is 6.10. The summed E-state index contributed by atoms with van der Waals surface area (Å²) < 4.78 is 11.4. The van der Waals surface area contributed by atoms with Crippen LogP contribution in [0.2, 0.25) is 0 Å². The molecule has 0 amide bonds. The van der Waals surface area contributed by atoms with Gasteiger partial charge in [0.05, 0.1) is 18.8 Å². The maximum Gasteiger partial charge on any atom is 0.0989 e. The summed E-state index contributed by atoms with van der Waals surface area (Å²) in [6.07, 6.45) is 5.90. The molecule has 0 saturated carbocycles. The van der Waals surface area contributed by atoms with Gasteiger partial charge in [0.1, 0.15) is 0 Å². The molecule has 1 aliphatic rings. The summed E-state index contributed by atoms with van der Waals surface area (Å²) in [6.45, 7) is 3.41. The molecule has 4 heteroatoms. The van der Waals surface area contributed by atoms with E-state index in [9.17, 15) is 0 Å². The van der Waals surface area contributed by atoms with Crippen LogP contribution in [0.5, 0.6) is 0 Å². The minimum atomic E-state index is -0.104. The first-order valence-electron chi connectivity index (χ1n) is 6.16. The molecule has 17 heavy (non-hydrogen) atoms. The highest BCUT2D eigenvalue weighted by atomic mass is 16.5. The van der Waals surface area contributed by atoms with Gasteiger partial charge in [0.15, 0.2) is 0 Å². The molecule has 0 aromatic carbocycles. The van der Waals surface area contributed by atoms with Gasteiger partial charge >= 0.3 is 0 Å². The number of hydrogen-bond donors (Lipinski definition) is 1. The van der Waals surface area contributed by atoms with Crippen molar-refractivity contribution in [3.63, 3.8) is 0 Å². The first-order valence-corrected chi connectivity index (χ1v) is 6.16. The van der Waals surface area contributed by atoms with E-state index in [1.54, 1.807) is 6.20 Å². The zero-order valence-electron chi connectivity index (χ0n) is 10.2. The Labute approximate surface area is 102 Å². The van der Waals surface area contributed by atoms with Crippen LogP contribution in [-0.4, -0.2) is 30.3 Å². The van der Waals surface area contributed by atoms with E-state index in [1.807, 2.05) is 25.3 Å². The van der Waals surface area contributed by atoms with Crippen LogP contribution < -0.4 is 5.73 Å². The largest absolute Gasteiger partial charge is 0.376 e. The van der Waals surface area contributed by atoms with Crippen LogP contribution in [0.3, 0.4) is 0 Å². The number of pyridine rings is 1. The Morgan fingerprint density at radius 3 is 3.12 bits per heavy atom. The van der Waals surface area contributed by atoms with Gasteiger partial charge < -0.3 is 15.2 Å². The molecular formula is C13H20N2O2. The van der Waals surface area contributed by atoms with E-state index in [0.717, 1.165) is 25.0 Å². The molecule has 0 bridgehead atoms.